The van der Waals surface area contributed by atoms with E-state index in [1.165, 1.54) is 12.1 Å². The number of hydrogen-bond donors (Lipinski definition) is 0. The lowest BCUT2D eigenvalue weighted by atomic mass is 10.1. The second-order valence-corrected chi connectivity index (χ2v) is 10.1. The van der Waals surface area contributed by atoms with Crippen molar-refractivity contribution in [2.24, 2.45) is 0 Å². The summed E-state index contributed by atoms with van der Waals surface area (Å²) in [7, 11) is 0. The number of nitro benzene ring substituents is 1. The highest BCUT2D eigenvalue weighted by molar-refractivity contribution is 14.1. The van der Waals surface area contributed by atoms with Crippen LogP contribution < -0.4 is 9.47 Å². The molecule has 0 radical (unpaired) electrons. The first-order valence-electron chi connectivity index (χ1n) is 11.4. The zero-order valence-electron chi connectivity index (χ0n) is 20.4. The Labute approximate surface area is 231 Å². The van der Waals surface area contributed by atoms with E-state index in [1.807, 2.05) is 13.8 Å². The normalized spacial score (nSPS) is 15.1. The molecule has 1 aliphatic rings. The number of amides is 2. The third-order valence-corrected chi connectivity index (χ3v) is 6.94. The fraction of sp³-hybridized carbons (Fsp3) is 0.320. The summed E-state index contributed by atoms with van der Waals surface area (Å²) in [5, 5.41) is 10.3. The lowest BCUT2D eigenvalue weighted by Gasteiger charge is -2.15. The summed E-state index contributed by atoms with van der Waals surface area (Å²) in [6.45, 7) is 5.52. The maximum absolute atomic E-state index is 12.8. The molecule has 0 aliphatic carbocycles. The number of carbonyl (C=O) groups is 3. The van der Waals surface area contributed by atoms with Crippen molar-refractivity contribution in [3.05, 3.63) is 66.1 Å². The van der Waals surface area contributed by atoms with Gasteiger partial charge in [0.15, 0.2) is 11.5 Å². The van der Waals surface area contributed by atoms with E-state index < -0.39 is 28.6 Å². The SMILES string of the molecule is CCOc1cc(/C=C2/SC(=O)N(CC(=O)O[C@@H](C)CC)C2=O)cc(I)c1OCc1ccc([N+](=O)[O-])cc1. The highest BCUT2D eigenvalue weighted by Gasteiger charge is 2.37. The molecule has 1 atom stereocenters. The van der Waals surface area contributed by atoms with Crippen LogP contribution in [0.15, 0.2) is 41.3 Å². The molecule has 10 nitrogen and oxygen atoms in total. The summed E-state index contributed by atoms with van der Waals surface area (Å²) in [5.74, 6) is -0.277. The first-order chi connectivity index (χ1) is 17.6. The first-order valence-corrected chi connectivity index (χ1v) is 13.3. The van der Waals surface area contributed by atoms with Gasteiger partial charge in [-0.25, -0.2) is 0 Å². The highest BCUT2D eigenvalue weighted by atomic mass is 127. The second kappa shape index (κ2) is 12.9. The van der Waals surface area contributed by atoms with E-state index >= 15 is 0 Å². The first kappa shape index (κ1) is 28.4. The van der Waals surface area contributed by atoms with Crippen molar-refractivity contribution < 1.29 is 33.5 Å². The highest BCUT2D eigenvalue weighted by Crippen LogP contribution is 2.38. The van der Waals surface area contributed by atoms with E-state index in [9.17, 15) is 24.5 Å². The Morgan fingerprint density at radius 2 is 1.89 bits per heavy atom. The average molecular weight is 640 g/mol. The summed E-state index contributed by atoms with van der Waals surface area (Å²) in [4.78, 5) is 48.7. The standard InChI is InChI=1S/C25H25IN2O8S/c1-4-15(3)36-22(29)13-27-24(30)21(37-25(27)31)12-17-10-19(26)23(20(11-17)34-5-2)35-14-16-6-8-18(9-7-16)28(32)33/h6-12,15H,4-5,13-14H2,1-3H3/b21-12+/t15-/m0/s1. The van der Waals surface area contributed by atoms with Gasteiger partial charge in [-0.3, -0.25) is 29.4 Å². The number of nitro groups is 1. The van der Waals surface area contributed by atoms with Crippen molar-refractivity contribution in [1.82, 2.24) is 4.90 Å². The molecule has 3 rings (SSSR count). The molecule has 0 N–H and O–H groups in total. The Morgan fingerprint density at radius 1 is 1.19 bits per heavy atom. The van der Waals surface area contributed by atoms with Gasteiger partial charge in [0.25, 0.3) is 16.8 Å². The van der Waals surface area contributed by atoms with Crippen LogP contribution in [0.25, 0.3) is 6.08 Å². The topological polar surface area (TPSA) is 125 Å². The van der Waals surface area contributed by atoms with Crippen molar-refractivity contribution in [1.29, 1.82) is 0 Å². The largest absolute Gasteiger partial charge is 0.490 e. The number of thioether (sulfide) groups is 1. The van der Waals surface area contributed by atoms with Gasteiger partial charge in [-0.05, 0) is 96.1 Å². The van der Waals surface area contributed by atoms with Crippen LogP contribution in [0, 0.1) is 13.7 Å². The summed E-state index contributed by atoms with van der Waals surface area (Å²) >= 11 is 2.84. The minimum Gasteiger partial charge on any atom is -0.490 e. The van der Waals surface area contributed by atoms with Gasteiger partial charge in [0.2, 0.25) is 0 Å². The van der Waals surface area contributed by atoms with Crippen LogP contribution >= 0.6 is 34.4 Å². The van der Waals surface area contributed by atoms with Crippen molar-refractivity contribution in [2.45, 2.75) is 39.9 Å². The predicted molar refractivity (Wildman–Crippen MR) is 146 cm³/mol. The van der Waals surface area contributed by atoms with Gasteiger partial charge in [0.1, 0.15) is 13.2 Å². The predicted octanol–water partition coefficient (Wildman–Crippen LogP) is 5.56. The Balaban J connectivity index is 1.77. The molecule has 0 bridgehead atoms. The molecule has 37 heavy (non-hydrogen) atoms. The molecule has 2 aromatic rings. The minimum atomic E-state index is -0.638. The number of hydrogen-bond acceptors (Lipinski definition) is 9. The lowest BCUT2D eigenvalue weighted by Crippen LogP contribution is -2.35. The molecular weight excluding hydrogens is 615 g/mol. The van der Waals surface area contributed by atoms with Gasteiger partial charge >= 0.3 is 5.97 Å². The molecule has 0 saturated carbocycles. The summed E-state index contributed by atoms with van der Waals surface area (Å²) in [6.07, 6.45) is 1.89. The molecule has 1 saturated heterocycles. The number of imide groups is 1. The van der Waals surface area contributed by atoms with E-state index in [-0.39, 0.29) is 23.3 Å². The third-order valence-electron chi connectivity index (χ3n) is 5.23. The minimum absolute atomic E-state index is 0.00508. The zero-order chi connectivity index (χ0) is 27.1. The van der Waals surface area contributed by atoms with E-state index in [2.05, 4.69) is 22.6 Å². The van der Waals surface area contributed by atoms with E-state index in [1.54, 1.807) is 37.3 Å². The van der Waals surface area contributed by atoms with Crippen LogP contribution in [0.5, 0.6) is 11.5 Å². The smallest absolute Gasteiger partial charge is 0.326 e. The number of non-ortho nitro benzene ring substituents is 1. The van der Waals surface area contributed by atoms with Crippen LogP contribution in [-0.2, 0) is 20.9 Å². The number of ether oxygens (including phenoxy) is 3. The molecule has 1 fully saturated rings. The van der Waals surface area contributed by atoms with Crippen molar-refractivity contribution >= 4 is 63.2 Å². The van der Waals surface area contributed by atoms with E-state index in [0.717, 1.165) is 22.2 Å². The average Bonchev–Trinajstić information content (AvgIpc) is 3.11. The van der Waals surface area contributed by atoms with Crippen LogP contribution in [0.1, 0.15) is 38.3 Å². The van der Waals surface area contributed by atoms with Gasteiger partial charge in [-0.2, -0.15) is 0 Å². The van der Waals surface area contributed by atoms with Gasteiger partial charge < -0.3 is 14.2 Å². The Bertz CT molecular complexity index is 1230. The maximum atomic E-state index is 12.8. The fourth-order valence-electron chi connectivity index (χ4n) is 3.21. The number of nitrogens with zero attached hydrogens (tertiary/aromatic N) is 2. The number of esters is 1. The van der Waals surface area contributed by atoms with E-state index in [4.69, 9.17) is 14.2 Å². The van der Waals surface area contributed by atoms with E-state index in [0.29, 0.717) is 33.7 Å². The van der Waals surface area contributed by atoms with Crippen molar-refractivity contribution in [2.75, 3.05) is 13.2 Å². The number of carbonyl (C=O) groups excluding carboxylic acids is 3. The molecule has 2 aromatic carbocycles. The number of halogens is 1. The molecule has 0 spiro atoms. The monoisotopic (exact) mass is 640 g/mol. The third kappa shape index (κ3) is 7.44. The lowest BCUT2D eigenvalue weighted by molar-refractivity contribution is -0.384. The van der Waals surface area contributed by atoms with Crippen LogP contribution in [0.3, 0.4) is 0 Å². The zero-order valence-corrected chi connectivity index (χ0v) is 23.4. The molecule has 0 aromatic heterocycles. The van der Waals surface area contributed by atoms with Gasteiger partial charge in [-0.15, -0.1) is 0 Å². The molecule has 1 aliphatic heterocycles. The Kier molecular flexibility index (Phi) is 9.92. The van der Waals surface area contributed by atoms with Gasteiger partial charge in [0, 0.05) is 12.1 Å². The second-order valence-electron chi connectivity index (χ2n) is 7.95. The maximum Gasteiger partial charge on any atom is 0.326 e. The number of rotatable bonds is 11. The van der Waals surface area contributed by atoms with Crippen LogP contribution in [-0.4, -0.2) is 46.2 Å². The van der Waals surface area contributed by atoms with Gasteiger partial charge in [0.05, 0.1) is 26.1 Å². The molecule has 1 heterocycles. The molecule has 2 amide bonds. The molecule has 0 unspecified atom stereocenters. The summed E-state index contributed by atoms with van der Waals surface area (Å²) in [6, 6.07) is 9.53. The van der Waals surface area contributed by atoms with Crippen LogP contribution in [0.4, 0.5) is 10.5 Å². The quantitative estimate of drug-likeness (QED) is 0.102. The molecule has 196 valence electrons. The van der Waals surface area contributed by atoms with Crippen molar-refractivity contribution in [3.8, 4) is 11.5 Å². The van der Waals surface area contributed by atoms with Gasteiger partial charge in [-0.1, -0.05) is 6.92 Å². The van der Waals surface area contributed by atoms with Crippen molar-refractivity contribution in [3.63, 3.8) is 0 Å². The molecule has 12 heteroatoms. The number of benzene rings is 2. The fourth-order valence-corrected chi connectivity index (χ4v) is 4.82. The molecular formula is C25H25IN2O8S. The Morgan fingerprint density at radius 3 is 2.51 bits per heavy atom. The summed E-state index contributed by atoms with van der Waals surface area (Å²) < 4.78 is 17.6. The van der Waals surface area contributed by atoms with Crippen LogP contribution in [0.2, 0.25) is 0 Å². The summed E-state index contributed by atoms with van der Waals surface area (Å²) in [5.41, 5.74) is 1.35. The Hall–Kier alpha value is -3.13.